The van der Waals surface area contributed by atoms with E-state index in [-0.39, 0.29) is 23.7 Å². The molecule has 1 aromatic rings. The number of fused-ring (bicyclic) bond motifs is 1. The number of benzene rings is 1. The molecule has 1 aliphatic heterocycles. The molecule has 2 unspecified atom stereocenters. The molecule has 1 saturated carbocycles. The molecule has 2 amide bonds. The Bertz CT molecular complexity index is 565. The van der Waals surface area contributed by atoms with Gasteiger partial charge in [-0.1, -0.05) is 13.3 Å². The first-order chi connectivity index (χ1) is 9.52. The molecule has 2 aliphatic rings. The molecule has 20 heavy (non-hydrogen) atoms. The van der Waals surface area contributed by atoms with Crippen LogP contribution in [0.25, 0.3) is 0 Å². The SMILES string of the molecule is CCC1CC2C(=O)N(c3ccc(Br)c(F)c3)C(=O)C2C1. The minimum absolute atomic E-state index is 0.169. The molecule has 1 heterocycles. The fraction of sp³-hybridized carbons (Fsp3) is 0.467. The van der Waals surface area contributed by atoms with Crippen molar-refractivity contribution in [2.24, 2.45) is 17.8 Å². The largest absolute Gasteiger partial charge is 0.274 e. The minimum atomic E-state index is -0.466. The van der Waals surface area contributed by atoms with Gasteiger partial charge in [-0.05, 0) is 52.9 Å². The monoisotopic (exact) mass is 339 g/mol. The second-order valence-corrected chi connectivity index (χ2v) is 6.42. The van der Waals surface area contributed by atoms with Crippen molar-refractivity contribution in [2.75, 3.05) is 4.90 Å². The van der Waals surface area contributed by atoms with Crippen LogP contribution in [0.15, 0.2) is 22.7 Å². The Kier molecular flexibility index (Phi) is 3.40. The molecule has 0 bridgehead atoms. The van der Waals surface area contributed by atoms with Gasteiger partial charge in [0.1, 0.15) is 5.82 Å². The maximum absolute atomic E-state index is 13.6. The average molecular weight is 340 g/mol. The molecule has 106 valence electrons. The standard InChI is InChI=1S/C15H15BrFNO2/c1-2-8-5-10-11(6-8)15(20)18(14(10)19)9-3-4-12(16)13(17)7-9/h3-4,7-8,10-11H,2,5-6H2,1H3. The summed E-state index contributed by atoms with van der Waals surface area (Å²) < 4.78 is 13.9. The number of carbonyl (C=O) groups excluding carboxylic acids is 2. The second-order valence-electron chi connectivity index (χ2n) is 5.57. The summed E-state index contributed by atoms with van der Waals surface area (Å²) >= 11 is 3.07. The van der Waals surface area contributed by atoms with Gasteiger partial charge in [0.2, 0.25) is 11.8 Å². The van der Waals surface area contributed by atoms with Crippen molar-refractivity contribution < 1.29 is 14.0 Å². The van der Waals surface area contributed by atoms with Crippen molar-refractivity contribution in [3.05, 3.63) is 28.5 Å². The lowest BCUT2D eigenvalue weighted by Crippen LogP contribution is -2.32. The highest BCUT2D eigenvalue weighted by Crippen LogP contribution is 2.45. The number of hydrogen-bond donors (Lipinski definition) is 0. The van der Waals surface area contributed by atoms with Crippen molar-refractivity contribution in [3.8, 4) is 0 Å². The Balaban J connectivity index is 1.91. The third-order valence-corrected chi connectivity index (χ3v) is 5.12. The van der Waals surface area contributed by atoms with E-state index in [0.717, 1.165) is 24.2 Å². The lowest BCUT2D eigenvalue weighted by molar-refractivity contribution is -0.123. The van der Waals surface area contributed by atoms with Crippen LogP contribution in [0.5, 0.6) is 0 Å². The van der Waals surface area contributed by atoms with Gasteiger partial charge in [-0.15, -0.1) is 0 Å². The second kappa shape index (κ2) is 4.95. The van der Waals surface area contributed by atoms with Gasteiger partial charge in [-0.2, -0.15) is 0 Å². The van der Waals surface area contributed by atoms with E-state index in [1.165, 1.54) is 12.1 Å². The number of hydrogen-bond acceptors (Lipinski definition) is 2. The molecular weight excluding hydrogens is 325 g/mol. The average Bonchev–Trinajstić information content (AvgIpc) is 2.94. The maximum atomic E-state index is 13.6. The van der Waals surface area contributed by atoms with Gasteiger partial charge < -0.3 is 0 Å². The Hall–Kier alpha value is -1.23. The van der Waals surface area contributed by atoms with Gasteiger partial charge in [0, 0.05) is 0 Å². The zero-order valence-electron chi connectivity index (χ0n) is 11.1. The summed E-state index contributed by atoms with van der Waals surface area (Å²) in [5, 5.41) is 0. The molecule has 2 atom stereocenters. The smallest absolute Gasteiger partial charge is 0.237 e. The topological polar surface area (TPSA) is 37.4 Å². The van der Waals surface area contributed by atoms with Gasteiger partial charge in [-0.3, -0.25) is 9.59 Å². The van der Waals surface area contributed by atoms with Gasteiger partial charge in [0.25, 0.3) is 0 Å². The molecule has 1 saturated heterocycles. The Morgan fingerprint density at radius 1 is 1.25 bits per heavy atom. The van der Waals surface area contributed by atoms with Crippen LogP contribution >= 0.6 is 15.9 Å². The summed E-state index contributed by atoms with van der Waals surface area (Å²) in [6.45, 7) is 2.09. The molecule has 0 radical (unpaired) electrons. The van der Waals surface area contributed by atoms with E-state index in [1.54, 1.807) is 6.07 Å². The van der Waals surface area contributed by atoms with Crippen molar-refractivity contribution in [1.82, 2.24) is 0 Å². The first-order valence-electron chi connectivity index (χ1n) is 6.85. The fourth-order valence-electron chi connectivity index (χ4n) is 3.34. The van der Waals surface area contributed by atoms with E-state index in [1.807, 2.05) is 0 Å². The van der Waals surface area contributed by atoms with Gasteiger partial charge in [0.15, 0.2) is 0 Å². The van der Waals surface area contributed by atoms with Crippen molar-refractivity contribution in [3.63, 3.8) is 0 Å². The van der Waals surface area contributed by atoms with E-state index in [2.05, 4.69) is 22.9 Å². The summed E-state index contributed by atoms with van der Waals surface area (Å²) in [4.78, 5) is 26.0. The van der Waals surface area contributed by atoms with E-state index in [4.69, 9.17) is 0 Å². The third-order valence-electron chi connectivity index (χ3n) is 4.47. The van der Waals surface area contributed by atoms with E-state index >= 15 is 0 Å². The molecule has 0 aromatic heterocycles. The minimum Gasteiger partial charge on any atom is -0.274 e. The normalized spacial score (nSPS) is 29.1. The van der Waals surface area contributed by atoms with Crippen LogP contribution in [0.3, 0.4) is 0 Å². The molecule has 3 rings (SSSR count). The van der Waals surface area contributed by atoms with Crippen molar-refractivity contribution >= 4 is 33.4 Å². The number of carbonyl (C=O) groups is 2. The van der Waals surface area contributed by atoms with Crippen LogP contribution in [-0.4, -0.2) is 11.8 Å². The van der Waals surface area contributed by atoms with Crippen LogP contribution in [0.4, 0.5) is 10.1 Å². The first-order valence-corrected chi connectivity index (χ1v) is 7.65. The predicted octanol–water partition coefficient (Wildman–Crippen LogP) is 3.51. The number of anilines is 1. The van der Waals surface area contributed by atoms with E-state index < -0.39 is 5.82 Å². The third kappa shape index (κ3) is 1.99. The van der Waals surface area contributed by atoms with E-state index in [9.17, 15) is 14.0 Å². The summed E-state index contributed by atoms with van der Waals surface area (Å²) in [5.41, 5.74) is 0.336. The predicted molar refractivity (Wildman–Crippen MR) is 76.6 cm³/mol. The molecule has 0 N–H and O–H groups in total. The fourth-order valence-corrected chi connectivity index (χ4v) is 3.59. The molecule has 5 heteroatoms. The summed E-state index contributed by atoms with van der Waals surface area (Å²) in [6, 6.07) is 4.35. The van der Waals surface area contributed by atoms with Crippen LogP contribution in [-0.2, 0) is 9.59 Å². The maximum Gasteiger partial charge on any atom is 0.237 e. The molecule has 3 nitrogen and oxygen atoms in total. The lowest BCUT2D eigenvalue weighted by atomic mass is 10.00. The van der Waals surface area contributed by atoms with Gasteiger partial charge in [0.05, 0.1) is 22.0 Å². The van der Waals surface area contributed by atoms with Crippen LogP contribution in [0.2, 0.25) is 0 Å². The van der Waals surface area contributed by atoms with Gasteiger partial charge >= 0.3 is 0 Å². The van der Waals surface area contributed by atoms with Gasteiger partial charge in [-0.25, -0.2) is 9.29 Å². The Morgan fingerprint density at radius 3 is 2.35 bits per heavy atom. The quantitative estimate of drug-likeness (QED) is 0.773. The number of imide groups is 1. The molecule has 0 spiro atoms. The summed E-state index contributed by atoms with van der Waals surface area (Å²) in [7, 11) is 0. The van der Waals surface area contributed by atoms with Crippen LogP contribution in [0, 0.1) is 23.6 Å². The van der Waals surface area contributed by atoms with Crippen LogP contribution in [0.1, 0.15) is 26.2 Å². The number of halogens is 2. The highest BCUT2D eigenvalue weighted by molar-refractivity contribution is 9.10. The van der Waals surface area contributed by atoms with Crippen molar-refractivity contribution in [2.45, 2.75) is 26.2 Å². The Morgan fingerprint density at radius 2 is 1.85 bits per heavy atom. The van der Waals surface area contributed by atoms with Crippen LogP contribution < -0.4 is 4.90 Å². The number of nitrogens with zero attached hydrogens (tertiary/aromatic N) is 1. The molecule has 1 aromatic carbocycles. The zero-order valence-corrected chi connectivity index (χ0v) is 12.7. The Labute approximate surface area is 125 Å². The highest BCUT2D eigenvalue weighted by atomic mass is 79.9. The number of amides is 2. The highest BCUT2D eigenvalue weighted by Gasteiger charge is 2.52. The summed E-state index contributed by atoms with van der Waals surface area (Å²) in [6.07, 6.45) is 2.56. The summed E-state index contributed by atoms with van der Waals surface area (Å²) in [5.74, 6) is -0.762. The molecule has 2 fully saturated rings. The molecule has 1 aliphatic carbocycles. The number of rotatable bonds is 2. The lowest BCUT2D eigenvalue weighted by Gasteiger charge is -2.17. The van der Waals surface area contributed by atoms with Crippen molar-refractivity contribution in [1.29, 1.82) is 0 Å². The zero-order chi connectivity index (χ0) is 14.4. The first kappa shape index (κ1) is 13.7. The van der Waals surface area contributed by atoms with E-state index in [0.29, 0.717) is 16.1 Å². The molecular formula is C15H15BrFNO2.